The fourth-order valence-electron chi connectivity index (χ4n) is 5.87. The van der Waals surface area contributed by atoms with E-state index in [1.165, 1.54) is 11.2 Å². The molecule has 5 rings (SSSR count). The van der Waals surface area contributed by atoms with Gasteiger partial charge in [-0.05, 0) is 60.1 Å². The van der Waals surface area contributed by atoms with E-state index in [1.807, 2.05) is 113 Å². The number of nitrogens with one attached hydrogen (secondary N) is 2. The highest BCUT2D eigenvalue weighted by Gasteiger charge is 2.41. The summed E-state index contributed by atoms with van der Waals surface area (Å²) in [5.41, 5.74) is 1.73. The van der Waals surface area contributed by atoms with Crippen LogP contribution in [0.4, 0.5) is 4.79 Å². The molecule has 0 bridgehead atoms. The monoisotopic (exact) mass is 683 g/mol. The van der Waals surface area contributed by atoms with Crippen molar-refractivity contribution in [2.75, 3.05) is 6.54 Å². The van der Waals surface area contributed by atoms with E-state index in [0.29, 0.717) is 31.6 Å². The Balaban J connectivity index is 1.16. The molecular weight excluding hydrogens is 638 g/mol. The van der Waals surface area contributed by atoms with E-state index in [-0.39, 0.29) is 24.3 Å². The van der Waals surface area contributed by atoms with Gasteiger partial charge in [-0.2, -0.15) is 5.06 Å². The average molecular weight is 684 g/mol. The Morgan fingerprint density at radius 2 is 1.46 bits per heavy atom. The maximum atomic E-state index is 13.7. The van der Waals surface area contributed by atoms with Crippen LogP contribution in [0.15, 0.2) is 89.9 Å². The summed E-state index contributed by atoms with van der Waals surface area (Å²) >= 11 is 0. The number of hydrogen-bond acceptors (Lipinski definition) is 8. The van der Waals surface area contributed by atoms with Gasteiger partial charge >= 0.3 is 6.09 Å². The molecule has 2 unspecified atom stereocenters. The standard InChI is InChI=1S/C38H45N5O7/c1-25(2)33(41-38(47)48-23-27-13-7-5-8-14-27)36(45)42-20-12-19-31(42)35(44)40-34(26(3)4)37(46)43-24-39-32(50-43)22-28-15-11-18-30(21-28)49-29-16-9-6-10-17-29/h5-11,13-18,21,24-26,31-34H,12,19-20,22-23H2,1-4H3,(H,40,44)(H,41,47)/t31-,32?,33-,34?/m0/s1. The van der Waals surface area contributed by atoms with Gasteiger partial charge in [-0.25, -0.2) is 14.6 Å². The van der Waals surface area contributed by atoms with Crippen LogP contribution in [0.1, 0.15) is 51.7 Å². The smallest absolute Gasteiger partial charge is 0.408 e. The van der Waals surface area contributed by atoms with Gasteiger partial charge in [0, 0.05) is 13.0 Å². The second-order valence-corrected chi connectivity index (χ2v) is 13.1. The molecule has 4 atom stereocenters. The van der Waals surface area contributed by atoms with Crippen LogP contribution < -0.4 is 15.4 Å². The van der Waals surface area contributed by atoms with E-state index in [9.17, 15) is 19.2 Å². The minimum atomic E-state index is -0.931. The number of para-hydroxylation sites is 1. The number of carbonyl (C=O) groups is 4. The first-order valence-electron chi connectivity index (χ1n) is 17.0. The topological polar surface area (TPSA) is 139 Å². The first-order valence-corrected chi connectivity index (χ1v) is 17.0. The van der Waals surface area contributed by atoms with Crippen molar-refractivity contribution in [3.63, 3.8) is 0 Å². The van der Waals surface area contributed by atoms with Crippen molar-refractivity contribution in [3.05, 3.63) is 96.1 Å². The fraction of sp³-hybridized carbons (Fsp3) is 0.395. The van der Waals surface area contributed by atoms with Crippen molar-refractivity contribution in [2.45, 2.75) is 77.9 Å². The van der Waals surface area contributed by atoms with Crippen LogP contribution >= 0.6 is 0 Å². The second kappa shape index (κ2) is 16.9. The number of rotatable bonds is 13. The molecule has 264 valence electrons. The lowest BCUT2D eigenvalue weighted by Gasteiger charge is -2.32. The molecule has 0 spiro atoms. The van der Waals surface area contributed by atoms with Gasteiger partial charge in [-0.1, -0.05) is 88.4 Å². The molecular formula is C38H45N5O7. The second-order valence-electron chi connectivity index (χ2n) is 13.1. The molecule has 3 aromatic rings. The molecule has 1 saturated heterocycles. The number of benzene rings is 3. The number of likely N-dealkylation sites (tertiary alicyclic amines) is 1. The molecule has 2 N–H and O–H groups in total. The number of nitrogens with zero attached hydrogens (tertiary/aromatic N) is 3. The van der Waals surface area contributed by atoms with E-state index in [0.717, 1.165) is 21.9 Å². The number of aliphatic imine (C=N–C) groups is 1. The van der Waals surface area contributed by atoms with Gasteiger partial charge in [0.05, 0.1) is 0 Å². The highest BCUT2D eigenvalue weighted by Crippen LogP contribution is 2.25. The third kappa shape index (κ3) is 9.47. The van der Waals surface area contributed by atoms with Crippen molar-refractivity contribution in [1.82, 2.24) is 20.6 Å². The Morgan fingerprint density at radius 3 is 2.16 bits per heavy atom. The molecule has 50 heavy (non-hydrogen) atoms. The Kier molecular flexibility index (Phi) is 12.2. The van der Waals surface area contributed by atoms with E-state index in [4.69, 9.17) is 14.3 Å². The zero-order valence-electron chi connectivity index (χ0n) is 28.9. The van der Waals surface area contributed by atoms with Crippen molar-refractivity contribution in [2.24, 2.45) is 16.8 Å². The molecule has 0 aromatic heterocycles. The summed E-state index contributed by atoms with van der Waals surface area (Å²) < 4.78 is 11.3. The molecule has 2 aliphatic rings. The van der Waals surface area contributed by atoms with Crippen LogP contribution in [0.25, 0.3) is 0 Å². The normalized spacial score (nSPS) is 18.2. The van der Waals surface area contributed by atoms with Crippen LogP contribution in [0, 0.1) is 11.8 Å². The molecule has 1 fully saturated rings. The molecule has 3 aromatic carbocycles. The summed E-state index contributed by atoms with van der Waals surface area (Å²) in [6.07, 6.45) is 1.41. The zero-order chi connectivity index (χ0) is 35.6. The average Bonchev–Trinajstić information content (AvgIpc) is 3.79. The minimum absolute atomic E-state index is 0.0636. The Morgan fingerprint density at radius 1 is 0.820 bits per heavy atom. The Bertz CT molecular complexity index is 1650. The lowest BCUT2D eigenvalue weighted by Crippen LogP contribution is -2.58. The first kappa shape index (κ1) is 36.1. The van der Waals surface area contributed by atoms with Crippen LogP contribution in [0.2, 0.25) is 0 Å². The van der Waals surface area contributed by atoms with E-state index in [1.54, 1.807) is 0 Å². The van der Waals surface area contributed by atoms with Crippen molar-refractivity contribution in [1.29, 1.82) is 0 Å². The van der Waals surface area contributed by atoms with Gasteiger partial charge in [-0.15, -0.1) is 0 Å². The van der Waals surface area contributed by atoms with Crippen molar-refractivity contribution >= 4 is 30.2 Å². The van der Waals surface area contributed by atoms with Gasteiger partial charge in [0.2, 0.25) is 11.8 Å². The predicted octanol–water partition coefficient (Wildman–Crippen LogP) is 5.23. The van der Waals surface area contributed by atoms with Crippen LogP contribution in [0.5, 0.6) is 11.5 Å². The van der Waals surface area contributed by atoms with Gasteiger partial charge in [0.1, 0.15) is 42.6 Å². The number of alkyl carbamates (subject to hydrolysis) is 1. The van der Waals surface area contributed by atoms with Gasteiger partial charge in [0.15, 0.2) is 6.23 Å². The molecule has 2 heterocycles. The van der Waals surface area contributed by atoms with Crippen molar-refractivity contribution < 1.29 is 33.5 Å². The molecule has 0 aliphatic carbocycles. The number of ether oxygens (including phenoxy) is 2. The number of carbonyl (C=O) groups excluding carboxylic acids is 4. The number of amides is 4. The van der Waals surface area contributed by atoms with E-state index >= 15 is 0 Å². The summed E-state index contributed by atoms with van der Waals surface area (Å²) in [7, 11) is 0. The highest BCUT2D eigenvalue weighted by molar-refractivity contribution is 5.96. The summed E-state index contributed by atoms with van der Waals surface area (Å²) in [4.78, 5) is 65.4. The van der Waals surface area contributed by atoms with Crippen LogP contribution in [-0.2, 0) is 37.0 Å². The summed E-state index contributed by atoms with van der Waals surface area (Å²) in [5.74, 6) is -0.454. The minimum Gasteiger partial charge on any atom is -0.457 e. The molecule has 0 saturated carbocycles. The summed E-state index contributed by atoms with van der Waals surface area (Å²) in [6.45, 7) is 7.69. The first-order chi connectivity index (χ1) is 24.1. The largest absolute Gasteiger partial charge is 0.457 e. The lowest BCUT2D eigenvalue weighted by molar-refractivity contribution is -0.171. The summed E-state index contributed by atoms with van der Waals surface area (Å²) in [5, 5.41) is 6.62. The molecule has 12 nitrogen and oxygen atoms in total. The quantitative estimate of drug-likeness (QED) is 0.252. The van der Waals surface area contributed by atoms with Crippen LogP contribution in [0.3, 0.4) is 0 Å². The van der Waals surface area contributed by atoms with E-state index < -0.39 is 42.3 Å². The Labute approximate surface area is 292 Å². The van der Waals surface area contributed by atoms with Gasteiger partial charge < -0.3 is 25.0 Å². The molecule has 4 amide bonds. The molecule has 12 heteroatoms. The molecule has 2 aliphatic heterocycles. The lowest BCUT2D eigenvalue weighted by atomic mass is 10.0. The fourth-order valence-corrected chi connectivity index (χ4v) is 5.87. The number of hydroxylamine groups is 2. The third-order valence-electron chi connectivity index (χ3n) is 8.57. The zero-order valence-corrected chi connectivity index (χ0v) is 28.9. The van der Waals surface area contributed by atoms with Crippen LogP contribution in [-0.4, -0.2) is 71.0 Å². The molecule has 0 radical (unpaired) electrons. The highest BCUT2D eigenvalue weighted by atomic mass is 16.7. The Hall–Kier alpha value is -5.23. The van der Waals surface area contributed by atoms with Gasteiger partial charge in [-0.3, -0.25) is 14.4 Å². The van der Waals surface area contributed by atoms with Gasteiger partial charge in [0.25, 0.3) is 5.91 Å². The maximum absolute atomic E-state index is 13.7. The van der Waals surface area contributed by atoms with E-state index in [2.05, 4.69) is 15.6 Å². The SMILES string of the molecule is CC(C)C(NC(=O)[C@@H]1CCCN1C(=O)[C@@H](NC(=O)OCc1ccccc1)C(C)C)C(=O)N1C=NC(Cc2cccc(Oc3ccccc3)c2)O1. The number of hydrogen-bond donors (Lipinski definition) is 2. The van der Waals surface area contributed by atoms with Crippen molar-refractivity contribution in [3.8, 4) is 11.5 Å². The predicted molar refractivity (Wildman–Crippen MR) is 187 cm³/mol. The maximum Gasteiger partial charge on any atom is 0.408 e. The summed E-state index contributed by atoms with van der Waals surface area (Å²) in [6, 6.07) is 23.7. The third-order valence-corrected chi connectivity index (χ3v) is 8.57.